The second kappa shape index (κ2) is 4.28. The molecular formula is C10H10BrN3S. The summed E-state index contributed by atoms with van der Waals surface area (Å²) in [7, 11) is 1.90. The molecule has 0 atom stereocenters. The van der Waals surface area contributed by atoms with Crippen molar-refractivity contribution >= 4 is 33.4 Å². The molecule has 0 aliphatic carbocycles. The lowest BCUT2D eigenvalue weighted by atomic mass is 10.3. The van der Waals surface area contributed by atoms with E-state index in [1.54, 1.807) is 16.4 Å². The van der Waals surface area contributed by atoms with Gasteiger partial charge in [0.1, 0.15) is 0 Å². The molecule has 2 aromatic rings. The molecule has 15 heavy (non-hydrogen) atoms. The first-order valence-corrected chi connectivity index (χ1v) is 5.97. The summed E-state index contributed by atoms with van der Waals surface area (Å²) in [5, 5.41) is 4.11. The summed E-state index contributed by atoms with van der Waals surface area (Å²) in [6.45, 7) is 0. The third kappa shape index (κ3) is 2.54. The summed E-state index contributed by atoms with van der Waals surface area (Å²) in [5.74, 6) is 0. The Morgan fingerprint density at radius 3 is 2.93 bits per heavy atom. The van der Waals surface area contributed by atoms with Crippen LogP contribution >= 0.6 is 27.7 Å². The second-order valence-electron chi connectivity index (χ2n) is 3.13. The van der Waals surface area contributed by atoms with Crippen LogP contribution in [0.5, 0.6) is 0 Å². The van der Waals surface area contributed by atoms with Crippen LogP contribution in [-0.4, -0.2) is 9.78 Å². The number of hydrogen-bond acceptors (Lipinski definition) is 3. The highest BCUT2D eigenvalue weighted by atomic mass is 79.9. The third-order valence-corrected chi connectivity index (χ3v) is 3.40. The molecule has 2 rings (SSSR count). The number of rotatable bonds is 2. The van der Waals surface area contributed by atoms with Crippen molar-refractivity contribution in [3.63, 3.8) is 0 Å². The van der Waals surface area contributed by atoms with Gasteiger partial charge in [-0.15, -0.1) is 0 Å². The number of anilines is 1. The van der Waals surface area contributed by atoms with E-state index in [-0.39, 0.29) is 0 Å². The first-order valence-electron chi connectivity index (χ1n) is 4.36. The predicted octanol–water partition coefficient (Wildman–Crippen LogP) is 2.92. The lowest BCUT2D eigenvalue weighted by molar-refractivity contribution is 0.766. The van der Waals surface area contributed by atoms with Crippen LogP contribution in [0.4, 0.5) is 5.69 Å². The molecule has 0 radical (unpaired) electrons. The molecule has 3 nitrogen and oxygen atoms in total. The van der Waals surface area contributed by atoms with Crippen LogP contribution in [0.3, 0.4) is 0 Å². The van der Waals surface area contributed by atoms with Crippen molar-refractivity contribution in [2.45, 2.75) is 9.79 Å². The summed E-state index contributed by atoms with van der Waals surface area (Å²) in [4.78, 5) is 2.12. The molecule has 0 aliphatic heterocycles. The average Bonchev–Trinajstić information content (AvgIpc) is 2.58. The minimum atomic E-state index is 0.784. The summed E-state index contributed by atoms with van der Waals surface area (Å²) in [6, 6.07) is 5.83. The minimum Gasteiger partial charge on any atom is -0.398 e. The maximum atomic E-state index is 5.88. The van der Waals surface area contributed by atoms with Gasteiger partial charge in [0.05, 0.1) is 11.1 Å². The fourth-order valence-corrected chi connectivity index (χ4v) is 2.62. The van der Waals surface area contributed by atoms with Crippen molar-refractivity contribution in [3.05, 3.63) is 35.1 Å². The molecule has 0 amide bonds. The molecular weight excluding hydrogens is 274 g/mol. The van der Waals surface area contributed by atoms with Crippen LogP contribution in [0.2, 0.25) is 0 Å². The highest BCUT2D eigenvalue weighted by Gasteiger charge is 2.04. The van der Waals surface area contributed by atoms with E-state index < -0.39 is 0 Å². The number of nitrogens with two attached hydrogens (primary N) is 1. The summed E-state index contributed by atoms with van der Waals surface area (Å²) < 4.78 is 2.80. The Balaban J connectivity index is 2.27. The molecule has 0 saturated carbocycles. The summed E-state index contributed by atoms with van der Waals surface area (Å²) >= 11 is 5.04. The van der Waals surface area contributed by atoms with Crippen molar-refractivity contribution in [2.24, 2.45) is 7.05 Å². The Kier molecular flexibility index (Phi) is 3.02. The molecule has 5 heteroatoms. The molecule has 1 aromatic heterocycles. The molecule has 0 spiro atoms. The molecule has 0 saturated heterocycles. The normalized spacial score (nSPS) is 10.5. The number of nitrogens with zero attached hydrogens (tertiary/aromatic N) is 2. The Labute approximate surface area is 101 Å². The maximum Gasteiger partial charge on any atom is 0.0629 e. The van der Waals surface area contributed by atoms with E-state index in [0.29, 0.717) is 0 Å². The monoisotopic (exact) mass is 283 g/mol. The van der Waals surface area contributed by atoms with Crippen LogP contribution in [0.1, 0.15) is 0 Å². The van der Waals surface area contributed by atoms with Gasteiger partial charge < -0.3 is 5.73 Å². The smallest absolute Gasteiger partial charge is 0.0629 e. The minimum absolute atomic E-state index is 0.784. The van der Waals surface area contributed by atoms with Gasteiger partial charge in [-0.05, 0) is 18.2 Å². The zero-order valence-corrected chi connectivity index (χ0v) is 10.5. The van der Waals surface area contributed by atoms with E-state index in [1.807, 2.05) is 37.6 Å². The Morgan fingerprint density at radius 1 is 1.47 bits per heavy atom. The molecule has 1 heterocycles. The topological polar surface area (TPSA) is 43.8 Å². The molecule has 0 aliphatic rings. The number of halogens is 1. The van der Waals surface area contributed by atoms with Gasteiger partial charge in [-0.1, -0.05) is 27.7 Å². The van der Waals surface area contributed by atoms with E-state index in [0.717, 1.165) is 20.0 Å². The number of benzene rings is 1. The zero-order chi connectivity index (χ0) is 10.8. The van der Waals surface area contributed by atoms with E-state index in [4.69, 9.17) is 5.73 Å². The fraction of sp³-hybridized carbons (Fsp3) is 0.100. The molecule has 2 N–H and O–H groups in total. The van der Waals surface area contributed by atoms with Crippen LogP contribution < -0.4 is 5.73 Å². The second-order valence-corrected chi connectivity index (χ2v) is 5.16. The van der Waals surface area contributed by atoms with Crippen molar-refractivity contribution in [1.29, 1.82) is 0 Å². The molecule has 0 fully saturated rings. The third-order valence-electron chi connectivity index (χ3n) is 1.88. The summed E-state index contributed by atoms with van der Waals surface area (Å²) in [6.07, 6.45) is 3.79. The highest BCUT2D eigenvalue weighted by Crippen LogP contribution is 2.33. The van der Waals surface area contributed by atoms with Gasteiger partial charge in [0, 0.05) is 28.3 Å². The van der Waals surface area contributed by atoms with Gasteiger partial charge >= 0.3 is 0 Å². The van der Waals surface area contributed by atoms with Crippen LogP contribution in [-0.2, 0) is 7.05 Å². The number of aromatic nitrogens is 2. The zero-order valence-electron chi connectivity index (χ0n) is 8.14. The van der Waals surface area contributed by atoms with Crippen LogP contribution in [0.25, 0.3) is 0 Å². The first kappa shape index (κ1) is 10.6. The van der Waals surface area contributed by atoms with Gasteiger partial charge in [0.2, 0.25) is 0 Å². The maximum absolute atomic E-state index is 5.88. The van der Waals surface area contributed by atoms with Crippen molar-refractivity contribution < 1.29 is 0 Å². The molecule has 1 aromatic carbocycles. The Bertz CT molecular complexity index is 481. The van der Waals surface area contributed by atoms with Crippen molar-refractivity contribution in [2.75, 3.05) is 5.73 Å². The van der Waals surface area contributed by atoms with Crippen LogP contribution in [0.15, 0.2) is 44.9 Å². The molecule has 0 unspecified atom stereocenters. The SMILES string of the molecule is Cn1cc(Sc2cc(Br)ccc2N)cn1. The fourth-order valence-electron chi connectivity index (χ4n) is 1.18. The highest BCUT2D eigenvalue weighted by molar-refractivity contribution is 9.10. The molecule has 0 bridgehead atoms. The van der Waals surface area contributed by atoms with Crippen LogP contribution in [0, 0.1) is 0 Å². The van der Waals surface area contributed by atoms with Gasteiger partial charge in [-0.25, -0.2) is 0 Å². The quantitative estimate of drug-likeness (QED) is 0.862. The number of nitrogen functional groups attached to an aromatic ring is 1. The van der Waals surface area contributed by atoms with E-state index in [1.165, 1.54) is 0 Å². The van der Waals surface area contributed by atoms with Gasteiger partial charge in [-0.3, -0.25) is 4.68 Å². The van der Waals surface area contributed by atoms with E-state index in [2.05, 4.69) is 21.0 Å². The Hall–Kier alpha value is -0.940. The lowest BCUT2D eigenvalue weighted by Gasteiger charge is -2.03. The number of aryl methyl sites for hydroxylation is 1. The Morgan fingerprint density at radius 2 is 2.27 bits per heavy atom. The van der Waals surface area contributed by atoms with E-state index in [9.17, 15) is 0 Å². The van der Waals surface area contributed by atoms with Crippen molar-refractivity contribution in [1.82, 2.24) is 9.78 Å². The van der Waals surface area contributed by atoms with Gasteiger partial charge in [0.15, 0.2) is 0 Å². The lowest BCUT2D eigenvalue weighted by Crippen LogP contribution is -1.87. The molecule has 78 valence electrons. The van der Waals surface area contributed by atoms with Gasteiger partial charge in [-0.2, -0.15) is 5.10 Å². The van der Waals surface area contributed by atoms with Gasteiger partial charge in [0.25, 0.3) is 0 Å². The van der Waals surface area contributed by atoms with Crippen molar-refractivity contribution in [3.8, 4) is 0 Å². The average molecular weight is 284 g/mol. The largest absolute Gasteiger partial charge is 0.398 e. The number of hydrogen-bond donors (Lipinski definition) is 1. The summed E-state index contributed by atoms with van der Waals surface area (Å²) in [5.41, 5.74) is 6.66. The first-order chi connectivity index (χ1) is 7.15. The predicted molar refractivity (Wildman–Crippen MR) is 65.9 cm³/mol. The van der Waals surface area contributed by atoms with E-state index >= 15 is 0 Å². The standard InChI is InChI=1S/C10H10BrN3S/c1-14-6-8(5-13-14)15-10-4-7(11)2-3-9(10)12/h2-6H,12H2,1H3.